The van der Waals surface area contributed by atoms with Crippen LogP contribution in [0.15, 0.2) is 53.3 Å². The molecule has 7 nitrogen and oxygen atoms in total. The van der Waals surface area contributed by atoms with Gasteiger partial charge in [0.25, 0.3) is 5.56 Å². The van der Waals surface area contributed by atoms with Gasteiger partial charge >= 0.3 is 12.2 Å². The Balaban J connectivity index is 1.55. The highest BCUT2D eigenvalue weighted by atomic mass is 19.4. The van der Waals surface area contributed by atoms with Crippen molar-refractivity contribution in [2.75, 3.05) is 13.2 Å². The average molecular weight is 448 g/mol. The Hall–Kier alpha value is -3.40. The summed E-state index contributed by atoms with van der Waals surface area (Å²) in [6.45, 7) is 1.15. The van der Waals surface area contributed by atoms with Crippen molar-refractivity contribution >= 4 is 16.9 Å². The SMILES string of the molecule is CCN(Cc1nc2ccccc2c(=O)[nH]1)C(=O)NCc1ccc(COCC(F)(F)F)cc1. The van der Waals surface area contributed by atoms with E-state index in [1.54, 1.807) is 48.5 Å². The third-order valence-corrected chi connectivity index (χ3v) is 4.67. The summed E-state index contributed by atoms with van der Waals surface area (Å²) in [7, 11) is 0. The lowest BCUT2D eigenvalue weighted by atomic mass is 10.1. The highest BCUT2D eigenvalue weighted by Gasteiger charge is 2.27. The van der Waals surface area contributed by atoms with Gasteiger partial charge in [0.15, 0.2) is 0 Å². The molecule has 1 heterocycles. The molecular weight excluding hydrogens is 425 g/mol. The zero-order valence-electron chi connectivity index (χ0n) is 17.4. The Bertz CT molecular complexity index is 1110. The number of H-pyrrole nitrogens is 1. The van der Waals surface area contributed by atoms with Crippen molar-refractivity contribution in [1.29, 1.82) is 0 Å². The molecule has 0 aliphatic carbocycles. The molecule has 10 heteroatoms. The van der Waals surface area contributed by atoms with E-state index in [2.05, 4.69) is 20.0 Å². The van der Waals surface area contributed by atoms with Crippen LogP contribution in [0.4, 0.5) is 18.0 Å². The number of carbonyl (C=O) groups excluding carboxylic acids is 1. The fraction of sp³-hybridized carbons (Fsp3) is 0.318. The Labute approximate surface area is 182 Å². The molecule has 0 bridgehead atoms. The Kier molecular flexibility index (Phi) is 7.47. The second kappa shape index (κ2) is 10.3. The van der Waals surface area contributed by atoms with Crippen LogP contribution in [0.2, 0.25) is 0 Å². The lowest BCUT2D eigenvalue weighted by molar-refractivity contribution is -0.176. The molecule has 2 aromatic carbocycles. The quantitative estimate of drug-likeness (QED) is 0.550. The minimum absolute atomic E-state index is 0.137. The molecule has 0 atom stereocenters. The highest BCUT2D eigenvalue weighted by Crippen LogP contribution is 2.16. The number of carbonyl (C=O) groups is 1. The molecule has 32 heavy (non-hydrogen) atoms. The van der Waals surface area contributed by atoms with Gasteiger partial charge < -0.3 is 19.9 Å². The largest absolute Gasteiger partial charge is 0.411 e. The fourth-order valence-electron chi connectivity index (χ4n) is 3.05. The van der Waals surface area contributed by atoms with Gasteiger partial charge in [0.1, 0.15) is 12.4 Å². The molecule has 170 valence electrons. The van der Waals surface area contributed by atoms with E-state index in [1.807, 2.05) is 6.92 Å². The minimum Gasteiger partial charge on any atom is -0.367 e. The number of ether oxygens (including phenoxy) is 1. The second-order valence-corrected chi connectivity index (χ2v) is 7.13. The van der Waals surface area contributed by atoms with Gasteiger partial charge in [-0.2, -0.15) is 13.2 Å². The van der Waals surface area contributed by atoms with E-state index in [1.165, 1.54) is 4.90 Å². The molecule has 0 unspecified atom stereocenters. The van der Waals surface area contributed by atoms with Gasteiger partial charge in [0.2, 0.25) is 0 Å². The predicted molar refractivity (Wildman–Crippen MR) is 113 cm³/mol. The molecule has 0 radical (unpaired) electrons. The smallest absolute Gasteiger partial charge is 0.367 e. The van der Waals surface area contributed by atoms with Gasteiger partial charge in [-0.1, -0.05) is 36.4 Å². The van der Waals surface area contributed by atoms with Gasteiger partial charge in [-0.05, 0) is 30.2 Å². The first-order chi connectivity index (χ1) is 15.2. The van der Waals surface area contributed by atoms with Crippen LogP contribution in [0, 0.1) is 0 Å². The van der Waals surface area contributed by atoms with Crippen molar-refractivity contribution in [2.45, 2.75) is 32.8 Å². The van der Waals surface area contributed by atoms with Crippen molar-refractivity contribution in [1.82, 2.24) is 20.2 Å². The molecule has 1 aromatic heterocycles. The second-order valence-electron chi connectivity index (χ2n) is 7.13. The van der Waals surface area contributed by atoms with Crippen molar-refractivity contribution in [3.8, 4) is 0 Å². The summed E-state index contributed by atoms with van der Waals surface area (Å²) in [5.41, 5.74) is 1.68. The summed E-state index contributed by atoms with van der Waals surface area (Å²) >= 11 is 0. The molecular formula is C22H23F3N4O3. The fourth-order valence-corrected chi connectivity index (χ4v) is 3.05. The van der Waals surface area contributed by atoms with Crippen molar-refractivity contribution in [3.63, 3.8) is 0 Å². The zero-order valence-corrected chi connectivity index (χ0v) is 17.4. The van der Waals surface area contributed by atoms with Crippen LogP contribution in [0.3, 0.4) is 0 Å². The van der Waals surface area contributed by atoms with Gasteiger partial charge in [0.05, 0.1) is 24.1 Å². The lowest BCUT2D eigenvalue weighted by Crippen LogP contribution is -2.39. The third kappa shape index (κ3) is 6.55. The van der Waals surface area contributed by atoms with E-state index in [0.29, 0.717) is 28.8 Å². The normalized spacial score (nSPS) is 11.5. The molecule has 0 fully saturated rings. The topological polar surface area (TPSA) is 87.3 Å². The van der Waals surface area contributed by atoms with Gasteiger partial charge in [0, 0.05) is 13.1 Å². The van der Waals surface area contributed by atoms with E-state index in [-0.39, 0.29) is 31.3 Å². The van der Waals surface area contributed by atoms with Gasteiger partial charge in [-0.3, -0.25) is 4.79 Å². The summed E-state index contributed by atoms with van der Waals surface area (Å²) in [5, 5.41) is 3.27. The molecule has 0 saturated carbocycles. The average Bonchev–Trinajstić information content (AvgIpc) is 2.76. The maximum Gasteiger partial charge on any atom is 0.411 e. The molecule has 3 aromatic rings. The summed E-state index contributed by atoms with van der Waals surface area (Å²) in [6.07, 6.45) is -4.36. The number of alkyl halides is 3. The number of nitrogens with zero attached hydrogens (tertiary/aromatic N) is 2. The van der Waals surface area contributed by atoms with E-state index in [0.717, 1.165) is 5.56 Å². The summed E-state index contributed by atoms with van der Waals surface area (Å²) in [6, 6.07) is 13.4. The number of halogens is 3. The monoisotopic (exact) mass is 448 g/mol. The number of aromatic nitrogens is 2. The highest BCUT2D eigenvalue weighted by molar-refractivity contribution is 5.77. The van der Waals surface area contributed by atoms with Crippen LogP contribution in [0.1, 0.15) is 23.9 Å². The molecule has 2 N–H and O–H groups in total. The number of para-hydroxylation sites is 1. The number of nitrogens with one attached hydrogen (secondary N) is 2. The summed E-state index contributed by atoms with van der Waals surface area (Å²) in [5.74, 6) is 0.383. The number of urea groups is 1. The van der Waals surface area contributed by atoms with Crippen molar-refractivity contribution in [2.24, 2.45) is 0 Å². The number of benzene rings is 2. The van der Waals surface area contributed by atoms with Crippen LogP contribution in [-0.4, -0.2) is 40.2 Å². The van der Waals surface area contributed by atoms with Crippen LogP contribution >= 0.6 is 0 Å². The van der Waals surface area contributed by atoms with Crippen molar-refractivity contribution in [3.05, 3.63) is 75.8 Å². The predicted octanol–water partition coefficient (Wildman–Crippen LogP) is 3.73. The Morgan fingerprint density at radius 3 is 2.50 bits per heavy atom. The number of hydrogen-bond donors (Lipinski definition) is 2. The number of amides is 2. The number of aromatic amines is 1. The van der Waals surface area contributed by atoms with Crippen LogP contribution in [0.25, 0.3) is 10.9 Å². The van der Waals surface area contributed by atoms with Gasteiger partial charge in [-0.15, -0.1) is 0 Å². The zero-order chi connectivity index (χ0) is 23.1. The maximum atomic E-state index is 12.6. The summed E-state index contributed by atoms with van der Waals surface area (Å²) < 4.78 is 41.0. The maximum absolute atomic E-state index is 12.6. The summed E-state index contributed by atoms with van der Waals surface area (Å²) in [4.78, 5) is 33.4. The van der Waals surface area contributed by atoms with E-state index in [4.69, 9.17) is 0 Å². The molecule has 0 spiro atoms. The number of hydrogen-bond acceptors (Lipinski definition) is 4. The third-order valence-electron chi connectivity index (χ3n) is 4.67. The number of fused-ring (bicyclic) bond motifs is 1. The van der Waals surface area contributed by atoms with Crippen molar-refractivity contribution < 1.29 is 22.7 Å². The minimum atomic E-state index is -4.36. The first kappa shape index (κ1) is 23.3. The standard InChI is InChI=1S/C22H23F3N4O3/c1-2-29(12-19-27-18-6-4-3-5-17(18)20(30)28-19)21(31)26-11-15-7-9-16(10-8-15)13-32-14-22(23,24)25/h3-10H,2,11-14H2,1H3,(H,26,31)(H,27,28,30). The number of rotatable bonds is 8. The molecule has 0 saturated heterocycles. The van der Waals surface area contributed by atoms with E-state index in [9.17, 15) is 22.8 Å². The molecule has 0 aliphatic heterocycles. The lowest BCUT2D eigenvalue weighted by Gasteiger charge is -2.21. The Morgan fingerprint density at radius 1 is 1.12 bits per heavy atom. The van der Waals surface area contributed by atoms with E-state index < -0.39 is 12.8 Å². The Morgan fingerprint density at radius 2 is 1.81 bits per heavy atom. The van der Waals surface area contributed by atoms with E-state index >= 15 is 0 Å². The van der Waals surface area contributed by atoms with Crippen LogP contribution < -0.4 is 10.9 Å². The molecule has 3 rings (SSSR count). The van der Waals surface area contributed by atoms with Gasteiger partial charge in [-0.25, -0.2) is 9.78 Å². The van der Waals surface area contributed by atoms with Crippen LogP contribution in [0.5, 0.6) is 0 Å². The molecule has 2 amide bonds. The first-order valence-electron chi connectivity index (χ1n) is 9.98. The van der Waals surface area contributed by atoms with Crippen LogP contribution in [-0.2, 0) is 24.4 Å². The molecule has 0 aliphatic rings. The first-order valence-corrected chi connectivity index (χ1v) is 9.98.